The van der Waals surface area contributed by atoms with Gasteiger partial charge in [0.15, 0.2) is 0 Å². The summed E-state index contributed by atoms with van der Waals surface area (Å²) in [5.41, 5.74) is 0.238. The number of carbonyl (C=O) groups is 3. The van der Waals surface area contributed by atoms with Crippen LogP contribution in [-0.4, -0.2) is 47.3 Å². The predicted molar refractivity (Wildman–Crippen MR) is 111 cm³/mol. The molecule has 2 aromatic carbocycles. The summed E-state index contributed by atoms with van der Waals surface area (Å²) in [5.74, 6) is -0.791. The van der Waals surface area contributed by atoms with E-state index in [2.05, 4.69) is 0 Å². The number of amides is 3. The third-order valence-electron chi connectivity index (χ3n) is 5.65. The van der Waals surface area contributed by atoms with Crippen molar-refractivity contribution < 1.29 is 14.4 Å². The van der Waals surface area contributed by atoms with Crippen molar-refractivity contribution in [3.63, 3.8) is 0 Å². The molecule has 0 bridgehead atoms. The Morgan fingerprint density at radius 2 is 1.90 bits per heavy atom. The second-order valence-corrected chi connectivity index (χ2v) is 8.17. The molecule has 2 heterocycles. The molecule has 0 spiro atoms. The number of rotatable bonds is 3. The number of benzene rings is 2. The smallest absolute Gasteiger partial charge is 0.270 e. The second kappa shape index (κ2) is 7.04. The number of hydrogen-bond acceptors (Lipinski definition) is 3. The molecule has 0 saturated carbocycles. The number of likely N-dealkylation sites (N-methyl/N-ethyl adjacent to an activating group) is 2. The van der Waals surface area contributed by atoms with E-state index in [4.69, 9.17) is 23.2 Å². The van der Waals surface area contributed by atoms with Crippen molar-refractivity contribution in [1.29, 1.82) is 0 Å². The molecule has 2 aromatic rings. The van der Waals surface area contributed by atoms with Crippen LogP contribution in [-0.2, 0) is 16.1 Å². The summed E-state index contributed by atoms with van der Waals surface area (Å²) >= 11 is 12.2. The zero-order valence-electron chi connectivity index (χ0n) is 16.0. The zero-order chi connectivity index (χ0) is 20.9. The van der Waals surface area contributed by atoms with Crippen molar-refractivity contribution in [1.82, 2.24) is 9.80 Å². The minimum Gasteiger partial charge on any atom is -0.338 e. The van der Waals surface area contributed by atoms with E-state index in [0.29, 0.717) is 21.3 Å². The molecular weight excluding hydrogens is 413 g/mol. The molecule has 0 aromatic heterocycles. The molecule has 1 fully saturated rings. The fraction of sp³-hybridized carbons (Fsp3) is 0.286. The fourth-order valence-corrected chi connectivity index (χ4v) is 4.66. The Labute approximate surface area is 178 Å². The molecule has 0 N–H and O–H groups in total. The number of anilines is 1. The van der Waals surface area contributed by atoms with Gasteiger partial charge in [-0.05, 0) is 29.8 Å². The van der Waals surface area contributed by atoms with E-state index in [-0.39, 0.29) is 37.1 Å². The molecule has 29 heavy (non-hydrogen) atoms. The minimum atomic E-state index is -1.38. The Balaban J connectivity index is 1.74. The topological polar surface area (TPSA) is 60.9 Å². The van der Waals surface area contributed by atoms with Crippen molar-refractivity contribution in [2.45, 2.75) is 25.0 Å². The Morgan fingerprint density at radius 1 is 1.17 bits per heavy atom. The molecule has 4 rings (SSSR count). The molecule has 1 atom stereocenters. The standard InChI is InChI=1S/C21H19Cl2N3O3/c1-24(12-13-7-8-14(22)11-16(13)23)20(29)21-10-9-18(27)26(21)17-6-4-3-5-15(17)19(28)25(21)2/h3-8,11H,9-10,12H2,1-2H3/t21-/m0/s1. The molecule has 3 amide bonds. The van der Waals surface area contributed by atoms with Gasteiger partial charge in [0.2, 0.25) is 11.6 Å². The van der Waals surface area contributed by atoms with E-state index >= 15 is 0 Å². The van der Waals surface area contributed by atoms with E-state index in [1.54, 1.807) is 56.6 Å². The quantitative estimate of drug-likeness (QED) is 0.746. The van der Waals surface area contributed by atoms with Crippen LogP contribution in [0.25, 0.3) is 0 Å². The van der Waals surface area contributed by atoms with Gasteiger partial charge in [0, 0.05) is 43.5 Å². The summed E-state index contributed by atoms with van der Waals surface area (Å²) in [7, 11) is 3.21. The van der Waals surface area contributed by atoms with Crippen LogP contribution in [0.5, 0.6) is 0 Å². The lowest BCUT2D eigenvalue weighted by Crippen LogP contribution is -2.69. The molecule has 0 radical (unpaired) electrons. The van der Waals surface area contributed by atoms with Crippen LogP contribution in [0.4, 0.5) is 5.69 Å². The van der Waals surface area contributed by atoms with Crippen molar-refractivity contribution in [3.05, 3.63) is 63.6 Å². The Bertz CT molecular complexity index is 1040. The normalized spacial score (nSPS) is 20.6. The first-order valence-electron chi connectivity index (χ1n) is 9.17. The van der Waals surface area contributed by atoms with E-state index in [0.717, 1.165) is 5.56 Å². The fourth-order valence-electron chi connectivity index (χ4n) is 4.19. The first kappa shape index (κ1) is 19.7. The molecule has 0 aliphatic carbocycles. The van der Waals surface area contributed by atoms with Crippen LogP contribution in [0.1, 0.15) is 28.8 Å². The second-order valence-electron chi connectivity index (χ2n) is 7.32. The van der Waals surface area contributed by atoms with Gasteiger partial charge >= 0.3 is 0 Å². The lowest BCUT2D eigenvalue weighted by molar-refractivity contribution is -0.142. The molecule has 2 aliphatic heterocycles. The van der Waals surface area contributed by atoms with E-state index in [9.17, 15) is 14.4 Å². The van der Waals surface area contributed by atoms with Gasteiger partial charge in [0.1, 0.15) is 0 Å². The highest BCUT2D eigenvalue weighted by atomic mass is 35.5. The maximum absolute atomic E-state index is 13.7. The molecule has 6 nitrogen and oxygen atoms in total. The van der Waals surface area contributed by atoms with E-state index in [1.807, 2.05) is 0 Å². The third kappa shape index (κ3) is 2.90. The van der Waals surface area contributed by atoms with Crippen molar-refractivity contribution in [2.24, 2.45) is 0 Å². The summed E-state index contributed by atoms with van der Waals surface area (Å²) in [6.07, 6.45) is 0.424. The number of halogens is 2. The van der Waals surface area contributed by atoms with Gasteiger partial charge in [-0.15, -0.1) is 0 Å². The molecule has 8 heteroatoms. The van der Waals surface area contributed by atoms with Crippen LogP contribution in [0.3, 0.4) is 0 Å². The maximum atomic E-state index is 13.7. The minimum absolute atomic E-state index is 0.178. The Kier molecular flexibility index (Phi) is 4.79. The average Bonchev–Trinajstić information content (AvgIpc) is 3.06. The monoisotopic (exact) mass is 431 g/mol. The number of hydrogen-bond donors (Lipinski definition) is 0. The number of carbonyl (C=O) groups excluding carboxylic acids is 3. The summed E-state index contributed by atoms with van der Waals surface area (Å²) in [6.45, 7) is 0.224. The van der Waals surface area contributed by atoms with Gasteiger partial charge in [0.05, 0.1) is 11.3 Å². The molecular formula is C21H19Cl2N3O3. The molecule has 150 valence electrons. The largest absolute Gasteiger partial charge is 0.338 e. The van der Waals surface area contributed by atoms with Gasteiger partial charge < -0.3 is 9.80 Å². The first-order chi connectivity index (χ1) is 13.8. The van der Waals surface area contributed by atoms with Crippen LogP contribution in [0.15, 0.2) is 42.5 Å². The number of para-hydroxylation sites is 1. The molecule has 2 aliphatic rings. The van der Waals surface area contributed by atoms with Crippen LogP contribution in [0.2, 0.25) is 10.0 Å². The first-order valence-corrected chi connectivity index (χ1v) is 9.92. The van der Waals surface area contributed by atoms with E-state index < -0.39 is 5.66 Å². The molecule has 1 saturated heterocycles. The van der Waals surface area contributed by atoms with Gasteiger partial charge in [-0.2, -0.15) is 0 Å². The highest BCUT2D eigenvalue weighted by molar-refractivity contribution is 6.35. The van der Waals surface area contributed by atoms with Gasteiger partial charge in [0.25, 0.3) is 11.8 Å². The lowest BCUT2D eigenvalue weighted by Gasteiger charge is -2.48. The summed E-state index contributed by atoms with van der Waals surface area (Å²) in [4.78, 5) is 43.8. The predicted octanol–water partition coefficient (Wildman–Crippen LogP) is 3.56. The van der Waals surface area contributed by atoms with Crippen molar-refractivity contribution in [3.8, 4) is 0 Å². The number of nitrogens with zero attached hydrogens (tertiary/aromatic N) is 3. The molecule has 0 unspecified atom stereocenters. The number of fused-ring (bicyclic) bond motifs is 3. The van der Waals surface area contributed by atoms with Crippen molar-refractivity contribution >= 4 is 46.6 Å². The van der Waals surface area contributed by atoms with Crippen molar-refractivity contribution in [2.75, 3.05) is 19.0 Å². The highest BCUT2D eigenvalue weighted by Crippen LogP contribution is 2.44. The van der Waals surface area contributed by atoms with Crippen LogP contribution in [0, 0.1) is 0 Å². The summed E-state index contributed by atoms with van der Waals surface area (Å²) < 4.78 is 0. The highest BCUT2D eigenvalue weighted by Gasteiger charge is 2.60. The van der Waals surface area contributed by atoms with Gasteiger partial charge in [-0.3, -0.25) is 19.3 Å². The van der Waals surface area contributed by atoms with Crippen LogP contribution < -0.4 is 4.90 Å². The Morgan fingerprint density at radius 3 is 2.62 bits per heavy atom. The van der Waals surface area contributed by atoms with Gasteiger partial charge in [-0.25, -0.2) is 0 Å². The summed E-state index contributed by atoms with van der Waals surface area (Å²) in [6, 6.07) is 12.0. The third-order valence-corrected chi connectivity index (χ3v) is 6.24. The van der Waals surface area contributed by atoms with Crippen LogP contribution >= 0.6 is 23.2 Å². The maximum Gasteiger partial charge on any atom is 0.270 e. The van der Waals surface area contributed by atoms with Gasteiger partial charge in [-0.1, -0.05) is 41.4 Å². The summed E-state index contributed by atoms with van der Waals surface area (Å²) in [5, 5.41) is 0.959. The SMILES string of the molecule is CN(Cc1ccc(Cl)cc1Cl)C(=O)[C@]12CCC(=O)N1c1ccccc1C(=O)N2C. The zero-order valence-corrected chi connectivity index (χ0v) is 17.5. The lowest BCUT2D eigenvalue weighted by atomic mass is 9.95. The Hall–Kier alpha value is -2.57. The average molecular weight is 432 g/mol. The van der Waals surface area contributed by atoms with E-state index in [1.165, 1.54) is 14.7 Å².